The van der Waals surface area contributed by atoms with Crippen molar-refractivity contribution in [2.75, 3.05) is 6.61 Å². The molecule has 3 heterocycles. The van der Waals surface area contributed by atoms with Crippen molar-refractivity contribution in [2.24, 2.45) is 0 Å². The van der Waals surface area contributed by atoms with Gasteiger partial charge in [0.25, 0.3) is 5.91 Å². The zero-order valence-electron chi connectivity index (χ0n) is 13.4. The Morgan fingerprint density at radius 1 is 1.29 bits per heavy atom. The number of ether oxygens (including phenoxy) is 1. The Hall–Kier alpha value is -1.98. The number of fused-ring (bicyclic) bond motifs is 2. The highest BCUT2D eigenvalue weighted by Gasteiger charge is 2.56. The molecule has 6 heteroatoms. The quantitative estimate of drug-likeness (QED) is 0.929. The van der Waals surface area contributed by atoms with Gasteiger partial charge < -0.3 is 10.1 Å². The molecular formula is C18H18ClN3O2. The first-order valence-corrected chi connectivity index (χ1v) is 8.41. The predicted molar refractivity (Wildman–Crippen MR) is 90.9 cm³/mol. The minimum absolute atomic E-state index is 0.101. The SMILES string of the molecule is CC12CC(NC(=O)c3nc(-c4ccccc4)ncc3Cl)(CCO1)C2. The van der Waals surface area contributed by atoms with Crippen LogP contribution in [0, 0.1) is 0 Å². The van der Waals surface area contributed by atoms with E-state index in [1.165, 1.54) is 6.20 Å². The van der Waals surface area contributed by atoms with E-state index in [-0.39, 0.29) is 27.8 Å². The number of nitrogens with zero attached hydrogens (tertiary/aromatic N) is 2. The van der Waals surface area contributed by atoms with Crippen LogP contribution in [0.4, 0.5) is 0 Å². The number of hydrogen-bond acceptors (Lipinski definition) is 4. The first kappa shape index (κ1) is 15.5. The number of carbonyl (C=O) groups is 1. The summed E-state index contributed by atoms with van der Waals surface area (Å²) in [6.45, 7) is 2.76. The summed E-state index contributed by atoms with van der Waals surface area (Å²) >= 11 is 6.17. The van der Waals surface area contributed by atoms with Crippen LogP contribution in [0.2, 0.25) is 5.02 Å². The van der Waals surface area contributed by atoms with Crippen LogP contribution >= 0.6 is 11.6 Å². The van der Waals surface area contributed by atoms with Crippen molar-refractivity contribution in [1.82, 2.24) is 15.3 Å². The van der Waals surface area contributed by atoms with Crippen molar-refractivity contribution in [1.29, 1.82) is 0 Å². The Morgan fingerprint density at radius 3 is 2.75 bits per heavy atom. The molecular weight excluding hydrogens is 326 g/mol. The Kier molecular flexibility index (Phi) is 3.58. The lowest BCUT2D eigenvalue weighted by Gasteiger charge is -2.58. The highest BCUT2D eigenvalue weighted by atomic mass is 35.5. The highest BCUT2D eigenvalue weighted by Crippen LogP contribution is 2.50. The second-order valence-corrected chi connectivity index (χ2v) is 7.30. The largest absolute Gasteiger partial charge is 0.375 e. The minimum Gasteiger partial charge on any atom is -0.375 e. The highest BCUT2D eigenvalue weighted by molar-refractivity contribution is 6.33. The molecule has 1 amide bonds. The van der Waals surface area contributed by atoms with Crippen molar-refractivity contribution < 1.29 is 9.53 Å². The summed E-state index contributed by atoms with van der Waals surface area (Å²) in [6, 6.07) is 9.54. The molecule has 3 aliphatic rings. The second-order valence-electron chi connectivity index (χ2n) is 6.89. The first-order chi connectivity index (χ1) is 11.5. The number of nitrogens with one attached hydrogen (secondary N) is 1. The van der Waals surface area contributed by atoms with E-state index in [4.69, 9.17) is 16.3 Å². The van der Waals surface area contributed by atoms with E-state index in [9.17, 15) is 4.79 Å². The summed E-state index contributed by atoms with van der Waals surface area (Å²) in [5.41, 5.74) is 0.783. The monoisotopic (exact) mass is 343 g/mol. The van der Waals surface area contributed by atoms with E-state index in [1.807, 2.05) is 30.3 Å². The molecule has 2 bridgehead atoms. The van der Waals surface area contributed by atoms with Gasteiger partial charge in [-0.2, -0.15) is 0 Å². The summed E-state index contributed by atoms with van der Waals surface area (Å²) in [7, 11) is 0. The van der Waals surface area contributed by atoms with Gasteiger partial charge in [0.2, 0.25) is 0 Å². The Balaban J connectivity index is 1.58. The topological polar surface area (TPSA) is 64.1 Å². The average Bonchev–Trinajstić information content (AvgIpc) is 2.55. The minimum atomic E-state index is -0.247. The normalized spacial score (nSPS) is 28.1. The lowest BCUT2D eigenvalue weighted by molar-refractivity contribution is -0.183. The predicted octanol–water partition coefficient (Wildman–Crippen LogP) is 3.24. The summed E-state index contributed by atoms with van der Waals surface area (Å²) in [5.74, 6) is 0.247. The van der Waals surface area contributed by atoms with Gasteiger partial charge in [-0.05, 0) is 26.2 Å². The zero-order chi connectivity index (χ0) is 16.8. The molecule has 1 aromatic carbocycles. The summed E-state index contributed by atoms with van der Waals surface area (Å²) in [4.78, 5) is 21.3. The maximum Gasteiger partial charge on any atom is 0.272 e. The van der Waals surface area contributed by atoms with Gasteiger partial charge in [-0.15, -0.1) is 0 Å². The van der Waals surface area contributed by atoms with Gasteiger partial charge in [0.15, 0.2) is 11.5 Å². The van der Waals surface area contributed by atoms with Crippen LogP contribution in [0.25, 0.3) is 11.4 Å². The van der Waals surface area contributed by atoms with E-state index in [1.54, 1.807) is 0 Å². The van der Waals surface area contributed by atoms with Gasteiger partial charge in [0, 0.05) is 17.7 Å². The molecule has 2 aliphatic heterocycles. The number of hydrogen-bond donors (Lipinski definition) is 1. The smallest absolute Gasteiger partial charge is 0.272 e. The van der Waals surface area contributed by atoms with Crippen molar-refractivity contribution >= 4 is 17.5 Å². The van der Waals surface area contributed by atoms with E-state index in [0.717, 1.165) is 24.8 Å². The van der Waals surface area contributed by atoms with E-state index < -0.39 is 0 Å². The van der Waals surface area contributed by atoms with Crippen molar-refractivity contribution in [3.63, 3.8) is 0 Å². The van der Waals surface area contributed by atoms with Gasteiger partial charge in [-0.1, -0.05) is 41.9 Å². The third-order valence-electron chi connectivity index (χ3n) is 4.83. The molecule has 2 aromatic rings. The summed E-state index contributed by atoms with van der Waals surface area (Å²) in [5, 5.41) is 3.39. The van der Waals surface area contributed by atoms with Crippen LogP contribution in [0.1, 0.15) is 36.7 Å². The fraction of sp³-hybridized carbons (Fsp3) is 0.389. The Bertz CT molecular complexity index is 788. The van der Waals surface area contributed by atoms with Crippen LogP contribution < -0.4 is 5.32 Å². The molecule has 1 aliphatic carbocycles. The van der Waals surface area contributed by atoms with E-state index >= 15 is 0 Å². The van der Waals surface area contributed by atoms with Gasteiger partial charge in [-0.25, -0.2) is 9.97 Å². The molecule has 5 nitrogen and oxygen atoms in total. The molecule has 124 valence electrons. The van der Waals surface area contributed by atoms with Crippen molar-refractivity contribution in [2.45, 2.75) is 37.3 Å². The third kappa shape index (κ3) is 2.68. The van der Waals surface area contributed by atoms with Crippen molar-refractivity contribution in [3.8, 4) is 11.4 Å². The number of amides is 1. The fourth-order valence-electron chi connectivity index (χ4n) is 3.86. The van der Waals surface area contributed by atoms with Crippen LogP contribution in [0.5, 0.6) is 0 Å². The van der Waals surface area contributed by atoms with Crippen LogP contribution in [0.15, 0.2) is 36.5 Å². The fourth-order valence-corrected chi connectivity index (χ4v) is 4.03. The van der Waals surface area contributed by atoms with Gasteiger partial charge in [-0.3, -0.25) is 4.79 Å². The van der Waals surface area contributed by atoms with E-state index in [0.29, 0.717) is 12.4 Å². The maximum atomic E-state index is 12.7. The molecule has 0 unspecified atom stereocenters. The molecule has 24 heavy (non-hydrogen) atoms. The van der Waals surface area contributed by atoms with Crippen LogP contribution in [-0.2, 0) is 4.74 Å². The standard InChI is InChI=1S/C18H18ClN3O2/c1-17-10-18(11-17,7-8-24-17)22-16(23)14-13(19)9-20-15(21-14)12-5-3-2-4-6-12/h2-6,9H,7-8,10-11H2,1H3,(H,22,23). The number of rotatable bonds is 3. The molecule has 1 aromatic heterocycles. The molecule has 0 spiro atoms. The number of carbonyl (C=O) groups excluding carboxylic acids is 1. The average molecular weight is 344 g/mol. The molecule has 5 rings (SSSR count). The van der Waals surface area contributed by atoms with Gasteiger partial charge in [0.05, 0.1) is 16.8 Å². The van der Waals surface area contributed by atoms with Crippen LogP contribution in [0.3, 0.4) is 0 Å². The number of halogens is 1. The molecule has 1 saturated carbocycles. The maximum absolute atomic E-state index is 12.7. The molecule has 2 saturated heterocycles. The summed E-state index contributed by atoms with van der Waals surface area (Å²) < 4.78 is 5.74. The zero-order valence-corrected chi connectivity index (χ0v) is 14.1. The lowest BCUT2D eigenvalue weighted by atomic mass is 9.62. The molecule has 0 atom stereocenters. The van der Waals surface area contributed by atoms with Gasteiger partial charge >= 0.3 is 0 Å². The van der Waals surface area contributed by atoms with Gasteiger partial charge in [0.1, 0.15) is 0 Å². The Morgan fingerprint density at radius 2 is 2.04 bits per heavy atom. The van der Waals surface area contributed by atoms with Crippen molar-refractivity contribution in [3.05, 3.63) is 47.2 Å². The van der Waals surface area contributed by atoms with Crippen LogP contribution in [-0.4, -0.2) is 33.6 Å². The third-order valence-corrected chi connectivity index (χ3v) is 5.10. The number of benzene rings is 1. The summed E-state index contributed by atoms with van der Waals surface area (Å²) in [6.07, 6.45) is 3.97. The second kappa shape index (κ2) is 5.53. The molecule has 1 N–H and O–H groups in total. The molecule has 0 radical (unpaired) electrons. The molecule has 3 fully saturated rings. The lowest BCUT2D eigenvalue weighted by Crippen LogP contribution is -2.68. The Labute approximate surface area is 145 Å². The number of aromatic nitrogens is 2. The van der Waals surface area contributed by atoms with E-state index in [2.05, 4.69) is 22.2 Å². The first-order valence-electron chi connectivity index (χ1n) is 8.03.